The molecule has 0 aliphatic heterocycles. The van der Waals surface area contributed by atoms with Gasteiger partial charge < -0.3 is 10.4 Å². The molecule has 2 rings (SSSR count). The minimum absolute atomic E-state index is 0.0468. The molecule has 4 nitrogen and oxygen atoms in total. The van der Waals surface area contributed by atoms with Crippen LogP contribution in [0.4, 0.5) is 10.2 Å². The van der Waals surface area contributed by atoms with Crippen molar-refractivity contribution in [2.24, 2.45) is 0 Å². The summed E-state index contributed by atoms with van der Waals surface area (Å²) in [6.07, 6.45) is 4.27. The lowest BCUT2D eigenvalue weighted by molar-refractivity contribution is 0.266. The van der Waals surface area contributed by atoms with E-state index >= 15 is 0 Å². The molecule has 0 bridgehead atoms. The lowest BCUT2D eigenvalue weighted by Crippen LogP contribution is -2.26. The fraction of sp³-hybridized carbons (Fsp3) is 0.500. The van der Waals surface area contributed by atoms with E-state index in [2.05, 4.69) is 15.3 Å². The van der Waals surface area contributed by atoms with Gasteiger partial charge in [0.2, 0.25) is 5.95 Å². The van der Waals surface area contributed by atoms with Crippen LogP contribution in [0.1, 0.15) is 12.8 Å². The number of hydrogen-bond donors (Lipinski definition) is 2. The highest BCUT2D eigenvalue weighted by molar-refractivity contribution is 5.37. The molecule has 13 heavy (non-hydrogen) atoms. The summed E-state index contributed by atoms with van der Waals surface area (Å²) in [5.41, 5.74) is -0.275. The molecular formula is C8H10FN3O. The van der Waals surface area contributed by atoms with Crippen LogP contribution in [0.3, 0.4) is 0 Å². The zero-order valence-electron chi connectivity index (χ0n) is 7.00. The van der Waals surface area contributed by atoms with E-state index in [0.717, 1.165) is 19.0 Å². The van der Waals surface area contributed by atoms with Crippen molar-refractivity contribution in [3.8, 4) is 0 Å². The summed E-state index contributed by atoms with van der Waals surface area (Å²) in [6.45, 7) is 0.0468. The lowest BCUT2D eigenvalue weighted by atomic mass is 10.3. The zero-order valence-corrected chi connectivity index (χ0v) is 7.00. The average molecular weight is 183 g/mol. The third kappa shape index (κ3) is 1.75. The molecular weight excluding hydrogens is 173 g/mol. The van der Waals surface area contributed by atoms with E-state index in [9.17, 15) is 4.39 Å². The zero-order chi connectivity index (χ0) is 9.31. The normalized spacial score (nSPS) is 18.3. The average Bonchev–Trinajstić information content (AvgIpc) is 2.86. The lowest BCUT2D eigenvalue weighted by Gasteiger charge is -2.13. The van der Waals surface area contributed by atoms with E-state index < -0.39 is 5.95 Å². The summed E-state index contributed by atoms with van der Waals surface area (Å²) >= 11 is 0. The second kappa shape index (κ2) is 2.92. The standard InChI is InChI=1S/C8H10FN3O/c9-6-3-10-4-7(11-6)12-8(5-13)1-2-8/h3-4,13H,1-2,5H2,(H,11,12). The maximum absolute atomic E-state index is 12.6. The van der Waals surface area contributed by atoms with Gasteiger partial charge in [-0.3, -0.25) is 4.98 Å². The van der Waals surface area contributed by atoms with E-state index in [4.69, 9.17) is 5.11 Å². The summed E-state index contributed by atoms with van der Waals surface area (Å²) in [5, 5.41) is 11.9. The maximum Gasteiger partial charge on any atom is 0.233 e. The molecule has 1 saturated carbocycles. The molecule has 1 aliphatic rings. The first-order valence-electron chi connectivity index (χ1n) is 4.11. The molecule has 0 unspecified atom stereocenters. The van der Waals surface area contributed by atoms with Crippen molar-refractivity contribution in [2.75, 3.05) is 11.9 Å². The SMILES string of the molecule is OCC1(Nc2cncc(F)n2)CC1. The smallest absolute Gasteiger partial charge is 0.233 e. The Morgan fingerprint density at radius 2 is 2.31 bits per heavy atom. The van der Waals surface area contributed by atoms with Crippen LogP contribution in [0.25, 0.3) is 0 Å². The van der Waals surface area contributed by atoms with Crippen LogP contribution in [0, 0.1) is 5.95 Å². The molecule has 0 atom stereocenters. The van der Waals surface area contributed by atoms with Crippen LogP contribution < -0.4 is 5.32 Å². The molecule has 0 radical (unpaired) electrons. The van der Waals surface area contributed by atoms with Crippen LogP contribution in [0.15, 0.2) is 12.4 Å². The molecule has 0 spiro atoms. The molecule has 1 heterocycles. The minimum atomic E-state index is -0.612. The van der Waals surface area contributed by atoms with Crippen molar-refractivity contribution in [2.45, 2.75) is 18.4 Å². The third-order valence-corrected chi connectivity index (χ3v) is 2.15. The third-order valence-electron chi connectivity index (χ3n) is 2.15. The molecule has 2 N–H and O–H groups in total. The first kappa shape index (κ1) is 8.37. The second-order valence-electron chi connectivity index (χ2n) is 3.29. The first-order chi connectivity index (χ1) is 6.24. The fourth-order valence-corrected chi connectivity index (χ4v) is 1.15. The number of nitrogens with zero attached hydrogens (tertiary/aromatic N) is 2. The number of rotatable bonds is 3. The van der Waals surface area contributed by atoms with Crippen LogP contribution in [0.2, 0.25) is 0 Å². The summed E-state index contributed by atoms with van der Waals surface area (Å²) < 4.78 is 12.6. The van der Waals surface area contributed by atoms with Gasteiger partial charge in [-0.2, -0.15) is 9.37 Å². The van der Waals surface area contributed by atoms with Gasteiger partial charge in [-0.15, -0.1) is 0 Å². The van der Waals surface area contributed by atoms with Gasteiger partial charge in [0.25, 0.3) is 0 Å². The predicted octanol–water partition coefficient (Wildman–Crippen LogP) is 0.552. The summed E-state index contributed by atoms with van der Waals surface area (Å²) in [6, 6.07) is 0. The summed E-state index contributed by atoms with van der Waals surface area (Å²) in [5.74, 6) is -0.231. The molecule has 0 amide bonds. The number of anilines is 1. The molecule has 5 heteroatoms. The van der Waals surface area contributed by atoms with E-state index in [1.54, 1.807) is 0 Å². The quantitative estimate of drug-likeness (QED) is 0.718. The van der Waals surface area contributed by atoms with Crippen molar-refractivity contribution in [1.29, 1.82) is 0 Å². The Labute approximate surface area is 74.8 Å². The van der Waals surface area contributed by atoms with Gasteiger partial charge in [-0.05, 0) is 12.8 Å². The number of nitrogens with one attached hydrogen (secondary N) is 1. The number of aromatic nitrogens is 2. The molecule has 1 aromatic heterocycles. The number of halogens is 1. The Morgan fingerprint density at radius 3 is 2.85 bits per heavy atom. The van der Waals surface area contributed by atoms with Crippen molar-refractivity contribution >= 4 is 5.82 Å². The van der Waals surface area contributed by atoms with Gasteiger partial charge in [0.1, 0.15) is 5.82 Å². The highest BCUT2D eigenvalue weighted by Crippen LogP contribution is 2.37. The van der Waals surface area contributed by atoms with E-state index in [-0.39, 0.29) is 12.1 Å². The van der Waals surface area contributed by atoms with Crippen LogP contribution in [-0.2, 0) is 0 Å². The van der Waals surface area contributed by atoms with Gasteiger partial charge in [0.05, 0.1) is 24.5 Å². The predicted molar refractivity (Wildman–Crippen MR) is 44.7 cm³/mol. The molecule has 70 valence electrons. The van der Waals surface area contributed by atoms with Crippen LogP contribution in [0.5, 0.6) is 0 Å². The number of hydrogen-bond acceptors (Lipinski definition) is 4. The Hall–Kier alpha value is -1.23. The minimum Gasteiger partial charge on any atom is -0.394 e. The van der Waals surface area contributed by atoms with Crippen molar-refractivity contribution in [3.05, 3.63) is 18.3 Å². The Balaban J connectivity index is 2.09. The van der Waals surface area contributed by atoms with Gasteiger partial charge in [-0.1, -0.05) is 0 Å². The van der Waals surface area contributed by atoms with E-state index in [1.165, 1.54) is 6.20 Å². The largest absolute Gasteiger partial charge is 0.394 e. The summed E-state index contributed by atoms with van der Waals surface area (Å²) in [7, 11) is 0. The van der Waals surface area contributed by atoms with Crippen LogP contribution >= 0.6 is 0 Å². The van der Waals surface area contributed by atoms with Crippen molar-refractivity contribution in [3.63, 3.8) is 0 Å². The Bertz CT molecular complexity index is 314. The monoisotopic (exact) mass is 183 g/mol. The molecule has 1 aliphatic carbocycles. The van der Waals surface area contributed by atoms with Crippen molar-refractivity contribution in [1.82, 2.24) is 9.97 Å². The molecule has 1 fully saturated rings. The van der Waals surface area contributed by atoms with Crippen molar-refractivity contribution < 1.29 is 9.50 Å². The van der Waals surface area contributed by atoms with Gasteiger partial charge in [0, 0.05) is 0 Å². The molecule has 1 aromatic rings. The van der Waals surface area contributed by atoms with Gasteiger partial charge in [0.15, 0.2) is 0 Å². The number of aliphatic hydroxyl groups is 1. The Kier molecular flexibility index (Phi) is 1.88. The van der Waals surface area contributed by atoms with E-state index in [1.807, 2.05) is 0 Å². The first-order valence-corrected chi connectivity index (χ1v) is 4.11. The number of aliphatic hydroxyl groups excluding tert-OH is 1. The maximum atomic E-state index is 12.6. The van der Waals surface area contributed by atoms with Crippen LogP contribution in [-0.4, -0.2) is 27.2 Å². The fourth-order valence-electron chi connectivity index (χ4n) is 1.15. The highest BCUT2D eigenvalue weighted by atomic mass is 19.1. The Morgan fingerprint density at radius 1 is 1.54 bits per heavy atom. The van der Waals surface area contributed by atoms with Gasteiger partial charge >= 0.3 is 0 Å². The molecule has 0 aromatic carbocycles. The second-order valence-corrected chi connectivity index (χ2v) is 3.29. The van der Waals surface area contributed by atoms with Gasteiger partial charge in [-0.25, -0.2) is 0 Å². The van der Waals surface area contributed by atoms with E-state index in [0.29, 0.717) is 5.82 Å². The topological polar surface area (TPSA) is 58.0 Å². The summed E-state index contributed by atoms with van der Waals surface area (Å²) in [4.78, 5) is 7.24. The highest BCUT2D eigenvalue weighted by Gasteiger charge is 2.42. The molecule has 0 saturated heterocycles.